The van der Waals surface area contributed by atoms with E-state index in [9.17, 15) is 0 Å². The van der Waals surface area contributed by atoms with Gasteiger partial charge in [0.15, 0.2) is 0 Å². The Morgan fingerprint density at radius 3 is 2.75 bits per heavy atom. The normalized spacial score (nSPS) is 10.8. The third kappa shape index (κ3) is 2.69. The number of rotatable bonds is 3. The number of hydrazone groups is 1. The van der Waals surface area contributed by atoms with Crippen molar-refractivity contribution in [2.75, 3.05) is 11.3 Å². The molecule has 0 unspecified atom stereocenters. The Balaban J connectivity index is 2.00. The van der Waals surface area contributed by atoms with Crippen molar-refractivity contribution >= 4 is 34.8 Å². The molecule has 0 fully saturated rings. The van der Waals surface area contributed by atoms with Gasteiger partial charge in [0.2, 0.25) is 0 Å². The van der Waals surface area contributed by atoms with Crippen LogP contribution in [0.15, 0.2) is 35.7 Å². The Morgan fingerprint density at radius 1 is 1.38 bits per heavy atom. The third-order valence-electron chi connectivity index (χ3n) is 1.82. The average molecular weight is 328 g/mol. The predicted octanol–water partition coefficient (Wildman–Crippen LogP) is 1.04. The molecule has 16 heavy (non-hydrogen) atoms. The molecule has 3 N–H and O–H groups in total. The van der Waals surface area contributed by atoms with Crippen LogP contribution in [-0.4, -0.2) is 21.1 Å². The van der Waals surface area contributed by atoms with Gasteiger partial charge in [-0.15, -0.1) is 10.2 Å². The van der Waals surface area contributed by atoms with Crippen LogP contribution in [0.4, 0.5) is 5.95 Å². The van der Waals surface area contributed by atoms with Crippen LogP contribution < -0.4 is 11.3 Å². The second-order valence-electron chi connectivity index (χ2n) is 2.98. The maximum absolute atomic E-state index is 5.49. The first-order valence-electron chi connectivity index (χ1n) is 4.45. The molecule has 1 aromatic heterocycles. The number of aromatic nitrogens is 3. The van der Waals surface area contributed by atoms with E-state index < -0.39 is 0 Å². The summed E-state index contributed by atoms with van der Waals surface area (Å²) in [7, 11) is 0. The fourth-order valence-corrected chi connectivity index (χ4v) is 1.40. The monoisotopic (exact) mass is 328 g/mol. The molecule has 0 aliphatic carbocycles. The Hall–Kier alpha value is -1.64. The van der Waals surface area contributed by atoms with Crippen molar-refractivity contribution in [3.63, 3.8) is 0 Å². The highest BCUT2D eigenvalue weighted by Crippen LogP contribution is 2.05. The van der Waals surface area contributed by atoms with E-state index in [4.69, 9.17) is 5.84 Å². The molecule has 7 heteroatoms. The van der Waals surface area contributed by atoms with E-state index in [1.165, 1.54) is 14.6 Å². The lowest BCUT2D eigenvalue weighted by atomic mass is 10.2. The smallest absolute Gasteiger partial charge is 0.263 e. The molecule has 1 aromatic carbocycles. The van der Waals surface area contributed by atoms with Crippen LogP contribution in [0.5, 0.6) is 0 Å². The molecule has 0 saturated heterocycles. The van der Waals surface area contributed by atoms with Crippen LogP contribution in [-0.2, 0) is 0 Å². The molecule has 1 heterocycles. The molecule has 82 valence electrons. The van der Waals surface area contributed by atoms with Crippen LogP contribution in [0, 0.1) is 3.57 Å². The molecule has 0 spiro atoms. The lowest BCUT2D eigenvalue weighted by Gasteiger charge is -1.97. The minimum Gasteiger partial charge on any atom is -0.335 e. The predicted molar refractivity (Wildman–Crippen MR) is 70.5 cm³/mol. The minimum absolute atomic E-state index is 0.391. The highest BCUT2D eigenvalue weighted by atomic mass is 127. The zero-order valence-electron chi connectivity index (χ0n) is 8.21. The molecule has 0 aliphatic rings. The number of benzene rings is 1. The summed E-state index contributed by atoms with van der Waals surface area (Å²) in [5.41, 5.74) is 3.68. The fourth-order valence-electron chi connectivity index (χ4n) is 1.04. The van der Waals surface area contributed by atoms with E-state index in [-0.39, 0.29) is 0 Å². The first kappa shape index (κ1) is 10.9. The van der Waals surface area contributed by atoms with Gasteiger partial charge in [-0.05, 0) is 40.3 Å². The molecule has 0 amide bonds. The summed E-state index contributed by atoms with van der Waals surface area (Å²) in [6.45, 7) is 0. The molecule has 0 saturated carbocycles. The summed E-state index contributed by atoms with van der Waals surface area (Å²) in [5, 5.41) is 11.3. The van der Waals surface area contributed by atoms with Gasteiger partial charge in [0.25, 0.3) is 5.95 Å². The average Bonchev–Trinajstić information content (AvgIpc) is 2.68. The zero-order chi connectivity index (χ0) is 11.4. The summed E-state index contributed by atoms with van der Waals surface area (Å²) in [6, 6.07) is 7.96. The third-order valence-corrected chi connectivity index (χ3v) is 2.54. The molecular formula is C9H9IN6. The van der Waals surface area contributed by atoms with Crippen molar-refractivity contribution in [2.24, 2.45) is 5.10 Å². The van der Waals surface area contributed by atoms with E-state index in [0.29, 0.717) is 5.95 Å². The van der Waals surface area contributed by atoms with Crippen LogP contribution in [0.25, 0.3) is 0 Å². The second-order valence-corrected chi connectivity index (χ2v) is 4.23. The van der Waals surface area contributed by atoms with E-state index >= 15 is 0 Å². The van der Waals surface area contributed by atoms with Gasteiger partial charge in [-0.1, -0.05) is 12.1 Å². The summed E-state index contributed by atoms with van der Waals surface area (Å²) in [6.07, 6.45) is 3.08. The maximum atomic E-state index is 5.49. The largest absolute Gasteiger partial charge is 0.335 e. The van der Waals surface area contributed by atoms with Gasteiger partial charge >= 0.3 is 0 Å². The Bertz CT molecular complexity index is 489. The van der Waals surface area contributed by atoms with Crippen molar-refractivity contribution in [1.82, 2.24) is 14.9 Å². The van der Waals surface area contributed by atoms with Gasteiger partial charge in [0.1, 0.15) is 6.33 Å². The Labute approximate surface area is 106 Å². The van der Waals surface area contributed by atoms with Crippen molar-refractivity contribution < 1.29 is 0 Å². The second kappa shape index (κ2) is 4.92. The lowest BCUT2D eigenvalue weighted by Crippen LogP contribution is -2.10. The number of anilines is 1. The number of nitrogens with two attached hydrogens (primary N) is 1. The summed E-state index contributed by atoms with van der Waals surface area (Å²) < 4.78 is 2.44. The first-order chi connectivity index (χ1) is 7.75. The van der Waals surface area contributed by atoms with Gasteiger partial charge < -0.3 is 5.84 Å². The van der Waals surface area contributed by atoms with Gasteiger partial charge in [0, 0.05) is 3.57 Å². The number of nitrogens with zero attached hydrogens (tertiary/aromatic N) is 4. The number of halogens is 1. The van der Waals surface area contributed by atoms with Crippen molar-refractivity contribution in [3.05, 3.63) is 39.7 Å². The Morgan fingerprint density at radius 2 is 2.12 bits per heavy atom. The molecule has 2 aromatic rings. The molecule has 6 nitrogen and oxygen atoms in total. The standard InChI is InChI=1S/C9H9IN6/c10-8-3-1-7(2-4-8)5-12-14-9-15-13-6-16(9)11/h1-6H,11H2,(H,14,15)/b12-5+. The van der Waals surface area contributed by atoms with Crippen molar-refractivity contribution in [3.8, 4) is 0 Å². The molecule has 0 aliphatic heterocycles. The van der Waals surface area contributed by atoms with Crippen LogP contribution in [0.1, 0.15) is 5.56 Å². The molecular weight excluding hydrogens is 319 g/mol. The van der Waals surface area contributed by atoms with Crippen molar-refractivity contribution in [1.29, 1.82) is 0 Å². The minimum atomic E-state index is 0.391. The fraction of sp³-hybridized carbons (Fsp3) is 0. The summed E-state index contributed by atoms with van der Waals surface area (Å²) in [5.74, 6) is 5.88. The first-order valence-corrected chi connectivity index (χ1v) is 5.53. The number of hydrogen-bond acceptors (Lipinski definition) is 5. The van der Waals surface area contributed by atoms with Gasteiger partial charge in [-0.25, -0.2) is 10.1 Å². The van der Waals surface area contributed by atoms with E-state index in [0.717, 1.165) is 5.56 Å². The van der Waals surface area contributed by atoms with E-state index in [2.05, 4.69) is 43.3 Å². The summed E-state index contributed by atoms with van der Waals surface area (Å²) in [4.78, 5) is 0. The van der Waals surface area contributed by atoms with Crippen molar-refractivity contribution in [2.45, 2.75) is 0 Å². The zero-order valence-corrected chi connectivity index (χ0v) is 10.4. The maximum Gasteiger partial charge on any atom is 0.263 e. The summed E-state index contributed by atoms with van der Waals surface area (Å²) >= 11 is 2.25. The molecule has 0 radical (unpaired) electrons. The number of hydrogen-bond donors (Lipinski definition) is 2. The topological polar surface area (TPSA) is 81.1 Å². The number of nitrogen functional groups attached to an aromatic ring is 1. The van der Waals surface area contributed by atoms with Crippen LogP contribution in [0.2, 0.25) is 0 Å². The number of nitrogens with one attached hydrogen (secondary N) is 1. The molecule has 0 bridgehead atoms. The van der Waals surface area contributed by atoms with E-state index in [1.807, 2.05) is 24.3 Å². The van der Waals surface area contributed by atoms with Gasteiger partial charge in [-0.3, -0.25) is 0 Å². The van der Waals surface area contributed by atoms with Crippen LogP contribution >= 0.6 is 22.6 Å². The lowest BCUT2D eigenvalue weighted by molar-refractivity contribution is 0.988. The van der Waals surface area contributed by atoms with Crippen LogP contribution in [0.3, 0.4) is 0 Å². The highest BCUT2D eigenvalue weighted by Gasteiger charge is 1.96. The van der Waals surface area contributed by atoms with Gasteiger partial charge in [-0.2, -0.15) is 5.10 Å². The SMILES string of the molecule is Nn1cnnc1N/N=C/c1ccc(I)cc1. The highest BCUT2D eigenvalue weighted by molar-refractivity contribution is 14.1. The van der Waals surface area contributed by atoms with Gasteiger partial charge in [0.05, 0.1) is 6.21 Å². The molecule has 2 rings (SSSR count). The Kier molecular flexibility index (Phi) is 3.34. The quantitative estimate of drug-likeness (QED) is 0.382. The molecule has 0 atom stereocenters. The van der Waals surface area contributed by atoms with E-state index in [1.54, 1.807) is 6.21 Å².